The van der Waals surface area contributed by atoms with Crippen LogP contribution in [0.3, 0.4) is 0 Å². The highest BCUT2D eigenvalue weighted by Crippen LogP contribution is 2.23. The number of unbranched alkanes of at least 4 members (excludes halogenated alkanes) is 3. The van der Waals surface area contributed by atoms with Gasteiger partial charge in [0.05, 0.1) is 24.1 Å². The molecule has 0 aliphatic carbocycles. The third kappa shape index (κ3) is 4.97. The van der Waals surface area contributed by atoms with Gasteiger partial charge in [-0.1, -0.05) is 38.3 Å². The van der Waals surface area contributed by atoms with Crippen LogP contribution in [0.15, 0.2) is 60.9 Å². The van der Waals surface area contributed by atoms with E-state index in [2.05, 4.69) is 12.0 Å². The molecule has 0 aliphatic rings. The van der Waals surface area contributed by atoms with Gasteiger partial charge in [0.25, 0.3) is 0 Å². The SMILES string of the molecule is CCCCCCOc1ccc(-c2cnn(-c3ccc(C(=O)O)cc3)c2)cc1. The van der Waals surface area contributed by atoms with E-state index < -0.39 is 5.97 Å². The van der Waals surface area contributed by atoms with Gasteiger partial charge in [0, 0.05) is 11.8 Å². The summed E-state index contributed by atoms with van der Waals surface area (Å²) in [5.74, 6) is -0.0534. The summed E-state index contributed by atoms with van der Waals surface area (Å²) in [4.78, 5) is 10.9. The van der Waals surface area contributed by atoms with E-state index in [4.69, 9.17) is 9.84 Å². The third-order valence-corrected chi connectivity index (χ3v) is 4.42. The van der Waals surface area contributed by atoms with E-state index in [9.17, 15) is 4.79 Å². The number of benzene rings is 2. The van der Waals surface area contributed by atoms with Gasteiger partial charge in [-0.15, -0.1) is 0 Å². The zero-order valence-corrected chi connectivity index (χ0v) is 15.5. The first kappa shape index (κ1) is 18.7. The molecular weight excluding hydrogens is 340 g/mol. The van der Waals surface area contributed by atoms with Gasteiger partial charge in [-0.2, -0.15) is 5.10 Å². The summed E-state index contributed by atoms with van der Waals surface area (Å²) in [5, 5.41) is 13.4. The molecule has 1 heterocycles. The molecule has 0 radical (unpaired) electrons. The van der Waals surface area contributed by atoms with E-state index in [1.807, 2.05) is 30.5 Å². The molecule has 3 aromatic rings. The molecule has 0 saturated heterocycles. The Labute approximate surface area is 159 Å². The highest BCUT2D eigenvalue weighted by molar-refractivity contribution is 5.87. The van der Waals surface area contributed by atoms with Crippen LogP contribution in [0, 0.1) is 0 Å². The van der Waals surface area contributed by atoms with Gasteiger partial charge in [-0.05, 0) is 48.4 Å². The first-order valence-corrected chi connectivity index (χ1v) is 9.29. The average molecular weight is 364 g/mol. The maximum atomic E-state index is 10.9. The molecule has 0 fully saturated rings. The van der Waals surface area contributed by atoms with Gasteiger partial charge < -0.3 is 9.84 Å². The maximum absolute atomic E-state index is 10.9. The lowest BCUT2D eigenvalue weighted by atomic mass is 10.1. The highest BCUT2D eigenvalue weighted by Gasteiger charge is 2.06. The predicted molar refractivity (Wildman–Crippen MR) is 106 cm³/mol. The van der Waals surface area contributed by atoms with E-state index in [0.717, 1.165) is 35.6 Å². The van der Waals surface area contributed by atoms with E-state index in [1.165, 1.54) is 19.3 Å². The molecule has 5 heteroatoms. The Morgan fingerprint density at radius 3 is 2.41 bits per heavy atom. The molecule has 0 saturated carbocycles. The van der Waals surface area contributed by atoms with E-state index in [0.29, 0.717) is 0 Å². The minimum Gasteiger partial charge on any atom is -0.494 e. The van der Waals surface area contributed by atoms with Crippen LogP contribution in [0.5, 0.6) is 5.75 Å². The molecule has 1 aromatic heterocycles. The monoisotopic (exact) mass is 364 g/mol. The van der Waals surface area contributed by atoms with Crippen molar-refractivity contribution in [2.45, 2.75) is 32.6 Å². The van der Waals surface area contributed by atoms with Crippen LogP contribution in [-0.4, -0.2) is 27.5 Å². The highest BCUT2D eigenvalue weighted by atomic mass is 16.5. The summed E-state index contributed by atoms with van der Waals surface area (Å²) in [6.07, 6.45) is 8.50. The maximum Gasteiger partial charge on any atom is 0.335 e. The van der Waals surface area contributed by atoms with Crippen LogP contribution in [-0.2, 0) is 0 Å². The Bertz CT molecular complexity index is 867. The number of aromatic carboxylic acids is 1. The Morgan fingerprint density at radius 2 is 1.74 bits per heavy atom. The second-order valence-electron chi connectivity index (χ2n) is 6.46. The van der Waals surface area contributed by atoms with Crippen molar-refractivity contribution in [3.05, 3.63) is 66.5 Å². The normalized spacial score (nSPS) is 10.7. The van der Waals surface area contributed by atoms with Crippen LogP contribution in [0.4, 0.5) is 0 Å². The summed E-state index contributed by atoms with van der Waals surface area (Å²) < 4.78 is 7.51. The first-order chi connectivity index (χ1) is 13.2. The Hall–Kier alpha value is -3.08. The standard InChI is InChI=1S/C22H24N2O3/c1-2-3-4-5-14-27-21-12-8-17(9-13-21)19-15-23-24(16-19)20-10-6-18(7-11-20)22(25)26/h6-13,15-16H,2-5,14H2,1H3,(H,25,26). The molecule has 0 unspecified atom stereocenters. The molecule has 0 aliphatic heterocycles. The first-order valence-electron chi connectivity index (χ1n) is 9.29. The molecule has 1 N–H and O–H groups in total. The van der Waals surface area contributed by atoms with Gasteiger partial charge in [0.2, 0.25) is 0 Å². The second-order valence-corrected chi connectivity index (χ2v) is 6.46. The molecule has 3 rings (SSSR count). The van der Waals surface area contributed by atoms with E-state index in [1.54, 1.807) is 35.1 Å². The molecule has 0 atom stereocenters. The van der Waals surface area contributed by atoms with E-state index >= 15 is 0 Å². The minimum atomic E-state index is -0.935. The van der Waals surface area contributed by atoms with Crippen LogP contribution < -0.4 is 4.74 Å². The number of rotatable bonds is 9. The van der Waals surface area contributed by atoms with Gasteiger partial charge in [0.15, 0.2) is 0 Å². The van der Waals surface area contributed by atoms with Crippen molar-refractivity contribution in [1.29, 1.82) is 0 Å². The molecule has 0 amide bonds. The summed E-state index contributed by atoms with van der Waals surface area (Å²) in [5.41, 5.74) is 3.13. The predicted octanol–water partition coefficient (Wildman–Crippen LogP) is 5.20. The number of ether oxygens (including phenoxy) is 1. The third-order valence-electron chi connectivity index (χ3n) is 4.42. The fourth-order valence-corrected chi connectivity index (χ4v) is 2.83. The molecule has 2 aromatic carbocycles. The number of aromatic nitrogens is 2. The van der Waals surface area contributed by atoms with Crippen molar-refractivity contribution in [3.8, 4) is 22.6 Å². The van der Waals surface area contributed by atoms with Gasteiger partial charge in [-0.3, -0.25) is 0 Å². The van der Waals surface area contributed by atoms with Crippen molar-refractivity contribution in [2.75, 3.05) is 6.61 Å². The summed E-state index contributed by atoms with van der Waals surface area (Å²) in [7, 11) is 0. The molecule has 140 valence electrons. The average Bonchev–Trinajstić information content (AvgIpc) is 3.18. The quantitative estimate of drug-likeness (QED) is 0.530. The van der Waals surface area contributed by atoms with Crippen LogP contribution in [0.25, 0.3) is 16.8 Å². The van der Waals surface area contributed by atoms with Gasteiger partial charge in [0.1, 0.15) is 5.75 Å². The fourth-order valence-electron chi connectivity index (χ4n) is 2.83. The lowest BCUT2D eigenvalue weighted by Crippen LogP contribution is -1.98. The fraction of sp³-hybridized carbons (Fsp3) is 0.273. The van der Waals surface area contributed by atoms with Crippen LogP contribution in [0.1, 0.15) is 43.0 Å². The molecule has 0 bridgehead atoms. The number of nitrogens with zero attached hydrogens (tertiary/aromatic N) is 2. The number of carbonyl (C=O) groups is 1. The zero-order valence-electron chi connectivity index (χ0n) is 15.5. The smallest absolute Gasteiger partial charge is 0.335 e. The largest absolute Gasteiger partial charge is 0.494 e. The van der Waals surface area contributed by atoms with Crippen LogP contribution >= 0.6 is 0 Å². The number of hydrogen-bond donors (Lipinski definition) is 1. The van der Waals surface area contributed by atoms with Crippen LogP contribution in [0.2, 0.25) is 0 Å². The zero-order chi connectivity index (χ0) is 19.1. The van der Waals surface area contributed by atoms with Gasteiger partial charge in [-0.25, -0.2) is 9.48 Å². The molecule has 27 heavy (non-hydrogen) atoms. The molecule has 5 nitrogen and oxygen atoms in total. The summed E-state index contributed by atoms with van der Waals surface area (Å²) >= 11 is 0. The Kier molecular flexibility index (Phi) is 6.26. The van der Waals surface area contributed by atoms with Crippen molar-refractivity contribution >= 4 is 5.97 Å². The molecule has 0 spiro atoms. The lowest BCUT2D eigenvalue weighted by Gasteiger charge is -2.06. The lowest BCUT2D eigenvalue weighted by molar-refractivity contribution is 0.0697. The van der Waals surface area contributed by atoms with Crippen molar-refractivity contribution in [2.24, 2.45) is 0 Å². The van der Waals surface area contributed by atoms with E-state index in [-0.39, 0.29) is 5.56 Å². The summed E-state index contributed by atoms with van der Waals surface area (Å²) in [6.45, 7) is 2.95. The number of carboxylic acids is 1. The molecular formula is C22H24N2O3. The summed E-state index contributed by atoms with van der Waals surface area (Å²) in [6, 6.07) is 14.7. The Balaban J connectivity index is 1.63. The topological polar surface area (TPSA) is 64.4 Å². The minimum absolute atomic E-state index is 0.261. The van der Waals surface area contributed by atoms with Crippen molar-refractivity contribution < 1.29 is 14.6 Å². The van der Waals surface area contributed by atoms with Crippen molar-refractivity contribution in [1.82, 2.24) is 9.78 Å². The second kappa shape index (κ2) is 9.03. The number of carboxylic acid groups (broad SMARTS) is 1. The Morgan fingerprint density at radius 1 is 1.00 bits per heavy atom. The van der Waals surface area contributed by atoms with Crippen molar-refractivity contribution in [3.63, 3.8) is 0 Å². The van der Waals surface area contributed by atoms with Gasteiger partial charge >= 0.3 is 5.97 Å². The number of hydrogen-bond acceptors (Lipinski definition) is 3.